The van der Waals surface area contributed by atoms with Gasteiger partial charge in [-0.15, -0.1) is 0 Å². The Hall–Kier alpha value is -1.49. The Morgan fingerprint density at radius 1 is 1.52 bits per heavy atom. The van der Waals surface area contributed by atoms with Gasteiger partial charge in [0.2, 0.25) is 10.0 Å². The van der Waals surface area contributed by atoms with Crippen LogP contribution in [0, 0.1) is 10.1 Å². The summed E-state index contributed by atoms with van der Waals surface area (Å²) in [5.74, 6) is 0. The normalized spacial score (nSPS) is 19.6. The number of non-ortho nitro benzene ring substituents is 1. The molecule has 10 heteroatoms. The monoisotopic (exact) mass is 313 g/mol. The Bertz CT molecular complexity index is 637. The van der Waals surface area contributed by atoms with Crippen LogP contribution in [0.2, 0.25) is 6.82 Å². The summed E-state index contributed by atoms with van der Waals surface area (Å²) in [6, 6.07) is 4.61. The fourth-order valence-corrected chi connectivity index (χ4v) is 3.58. The molecule has 0 radical (unpaired) electrons. The fourth-order valence-electron chi connectivity index (χ4n) is 2.27. The predicted molar refractivity (Wildman–Crippen MR) is 77.2 cm³/mol. The topological polar surface area (TPSA) is 113 Å². The average Bonchev–Trinajstić information content (AvgIpc) is 2.87. The lowest BCUT2D eigenvalue weighted by molar-refractivity contribution is -0.385. The molecule has 1 aromatic rings. The molecule has 0 saturated carbocycles. The number of benzene rings is 1. The van der Waals surface area contributed by atoms with Crippen LogP contribution in [0.3, 0.4) is 0 Å². The zero-order valence-corrected chi connectivity index (χ0v) is 12.3. The SMILES string of the molecule is CB(O)N1CC[C@@H](NS(=O)(=O)c2cccc([N+](=O)[O-])c2)C1. The molecule has 0 unspecified atom stereocenters. The summed E-state index contributed by atoms with van der Waals surface area (Å²) in [6.45, 7) is 2.63. The Morgan fingerprint density at radius 3 is 2.81 bits per heavy atom. The average molecular weight is 313 g/mol. The Labute approximate surface area is 123 Å². The minimum Gasteiger partial charge on any atom is -0.437 e. The number of sulfonamides is 1. The van der Waals surface area contributed by atoms with Crippen molar-refractivity contribution in [2.45, 2.75) is 24.2 Å². The number of nitro benzene ring substituents is 1. The van der Waals surface area contributed by atoms with Crippen LogP contribution >= 0.6 is 0 Å². The van der Waals surface area contributed by atoms with Crippen molar-refractivity contribution in [2.75, 3.05) is 13.1 Å². The van der Waals surface area contributed by atoms with Gasteiger partial charge in [0.05, 0.1) is 9.82 Å². The van der Waals surface area contributed by atoms with Crippen molar-refractivity contribution in [2.24, 2.45) is 0 Å². The van der Waals surface area contributed by atoms with Gasteiger partial charge in [-0.2, -0.15) is 0 Å². The second-order valence-corrected chi connectivity index (χ2v) is 6.70. The van der Waals surface area contributed by atoms with E-state index in [1.807, 2.05) is 0 Å². The molecular weight excluding hydrogens is 297 g/mol. The molecule has 0 bridgehead atoms. The standard InChI is InChI=1S/C11H16BN3O5S/c1-12(16)14-6-5-9(8-14)13-21(19,20)11-4-2-3-10(7-11)15(17)18/h2-4,7,9,13,16H,5-6,8H2,1H3/t9-/m1/s1. The Kier molecular flexibility index (Phi) is 4.62. The smallest absolute Gasteiger partial charge is 0.376 e. The maximum atomic E-state index is 12.2. The quantitative estimate of drug-likeness (QED) is 0.451. The molecule has 0 aliphatic carbocycles. The number of hydrogen-bond donors (Lipinski definition) is 2. The summed E-state index contributed by atoms with van der Waals surface area (Å²) in [4.78, 5) is 11.7. The molecule has 0 aromatic heterocycles. The van der Waals surface area contributed by atoms with Crippen LogP contribution < -0.4 is 4.72 Å². The first kappa shape index (κ1) is 15.9. The third-order valence-electron chi connectivity index (χ3n) is 3.41. The minimum atomic E-state index is -3.81. The first-order chi connectivity index (χ1) is 9.79. The summed E-state index contributed by atoms with van der Waals surface area (Å²) in [5.41, 5.74) is -0.269. The molecule has 0 amide bonds. The number of hydrogen-bond acceptors (Lipinski definition) is 6. The molecule has 8 nitrogen and oxygen atoms in total. The molecule has 1 aromatic carbocycles. The van der Waals surface area contributed by atoms with E-state index in [9.17, 15) is 23.6 Å². The van der Waals surface area contributed by atoms with E-state index in [1.165, 1.54) is 18.2 Å². The molecule has 2 N–H and O–H groups in total. The van der Waals surface area contributed by atoms with E-state index in [0.29, 0.717) is 19.5 Å². The molecule has 0 spiro atoms. The molecule has 1 aliphatic rings. The van der Waals surface area contributed by atoms with Crippen molar-refractivity contribution in [1.29, 1.82) is 0 Å². The summed E-state index contributed by atoms with van der Waals surface area (Å²) in [7, 11) is -4.44. The van der Waals surface area contributed by atoms with Crippen LogP contribution in [0.5, 0.6) is 0 Å². The van der Waals surface area contributed by atoms with Gasteiger partial charge in [0.15, 0.2) is 0 Å². The summed E-state index contributed by atoms with van der Waals surface area (Å²) < 4.78 is 27.0. The summed E-state index contributed by atoms with van der Waals surface area (Å²) in [6.07, 6.45) is 0.582. The van der Waals surface area contributed by atoms with E-state index < -0.39 is 22.0 Å². The highest BCUT2D eigenvalue weighted by Gasteiger charge is 2.30. The number of nitrogens with zero attached hydrogens (tertiary/aromatic N) is 2. The zero-order valence-electron chi connectivity index (χ0n) is 11.5. The fraction of sp³-hybridized carbons (Fsp3) is 0.455. The molecule has 1 heterocycles. The molecule has 1 atom stereocenters. The molecule has 21 heavy (non-hydrogen) atoms. The predicted octanol–water partition coefficient (Wildman–Crippen LogP) is 0.0577. The van der Waals surface area contributed by atoms with Crippen molar-refractivity contribution in [3.8, 4) is 0 Å². The third-order valence-corrected chi connectivity index (χ3v) is 4.93. The lowest BCUT2D eigenvalue weighted by atomic mass is 9.86. The lowest BCUT2D eigenvalue weighted by Crippen LogP contribution is -2.40. The summed E-state index contributed by atoms with van der Waals surface area (Å²) in [5, 5.41) is 20.2. The van der Waals surface area contributed by atoms with E-state index in [0.717, 1.165) is 6.07 Å². The van der Waals surface area contributed by atoms with Gasteiger partial charge in [-0.1, -0.05) is 6.07 Å². The van der Waals surface area contributed by atoms with Gasteiger partial charge in [0.25, 0.3) is 5.69 Å². The molecular formula is C11H16BN3O5S. The number of nitro groups is 1. The van der Waals surface area contributed by atoms with Crippen LogP contribution in [0.4, 0.5) is 5.69 Å². The van der Waals surface area contributed by atoms with Gasteiger partial charge >= 0.3 is 7.05 Å². The van der Waals surface area contributed by atoms with Crippen LogP contribution in [-0.2, 0) is 10.0 Å². The van der Waals surface area contributed by atoms with Crippen molar-refractivity contribution in [3.05, 3.63) is 34.4 Å². The van der Waals surface area contributed by atoms with Gasteiger partial charge in [-0.3, -0.25) is 10.1 Å². The minimum absolute atomic E-state index is 0.132. The lowest BCUT2D eigenvalue weighted by Gasteiger charge is -2.17. The highest BCUT2D eigenvalue weighted by atomic mass is 32.2. The van der Waals surface area contributed by atoms with Crippen molar-refractivity contribution in [3.63, 3.8) is 0 Å². The third kappa shape index (κ3) is 3.79. The van der Waals surface area contributed by atoms with Crippen molar-refractivity contribution < 1.29 is 18.4 Å². The van der Waals surface area contributed by atoms with Crippen LogP contribution in [0.15, 0.2) is 29.2 Å². The van der Waals surface area contributed by atoms with E-state index in [-0.39, 0.29) is 16.6 Å². The summed E-state index contributed by atoms with van der Waals surface area (Å²) >= 11 is 0. The van der Waals surface area contributed by atoms with Crippen LogP contribution in [-0.4, -0.2) is 49.4 Å². The van der Waals surface area contributed by atoms with E-state index in [1.54, 1.807) is 11.6 Å². The van der Waals surface area contributed by atoms with E-state index >= 15 is 0 Å². The highest BCUT2D eigenvalue weighted by molar-refractivity contribution is 7.89. The van der Waals surface area contributed by atoms with E-state index in [2.05, 4.69) is 4.72 Å². The second kappa shape index (κ2) is 6.10. The van der Waals surface area contributed by atoms with Crippen molar-refractivity contribution >= 4 is 22.8 Å². The highest BCUT2D eigenvalue weighted by Crippen LogP contribution is 2.19. The van der Waals surface area contributed by atoms with Gasteiger partial charge in [0, 0.05) is 24.7 Å². The Balaban J connectivity index is 2.12. The molecule has 1 saturated heterocycles. The van der Waals surface area contributed by atoms with Gasteiger partial charge < -0.3 is 9.83 Å². The largest absolute Gasteiger partial charge is 0.437 e. The van der Waals surface area contributed by atoms with Crippen LogP contribution in [0.1, 0.15) is 6.42 Å². The zero-order chi connectivity index (χ0) is 15.6. The molecule has 114 valence electrons. The number of rotatable bonds is 5. The Morgan fingerprint density at radius 2 is 2.24 bits per heavy atom. The second-order valence-electron chi connectivity index (χ2n) is 4.99. The van der Waals surface area contributed by atoms with Gasteiger partial charge in [-0.05, 0) is 25.9 Å². The van der Waals surface area contributed by atoms with E-state index in [4.69, 9.17) is 0 Å². The van der Waals surface area contributed by atoms with Gasteiger partial charge in [-0.25, -0.2) is 13.1 Å². The molecule has 1 fully saturated rings. The maximum absolute atomic E-state index is 12.2. The van der Waals surface area contributed by atoms with Gasteiger partial charge in [0.1, 0.15) is 0 Å². The number of nitrogens with one attached hydrogen (secondary N) is 1. The first-order valence-electron chi connectivity index (χ1n) is 6.48. The maximum Gasteiger partial charge on any atom is 0.376 e. The molecule has 2 rings (SSSR count). The molecule has 1 aliphatic heterocycles. The van der Waals surface area contributed by atoms with Crippen LogP contribution in [0.25, 0.3) is 0 Å². The van der Waals surface area contributed by atoms with Crippen molar-refractivity contribution in [1.82, 2.24) is 9.53 Å². The first-order valence-corrected chi connectivity index (χ1v) is 7.97.